The molecule has 0 aliphatic rings. The molecule has 1 aromatic carbocycles. The van der Waals surface area contributed by atoms with E-state index in [2.05, 4.69) is 0 Å². The van der Waals surface area contributed by atoms with Crippen LogP contribution in [0.5, 0.6) is 11.5 Å². The normalized spacial score (nSPS) is 14.8. The second-order valence-corrected chi connectivity index (χ2v) is 4.23. The first-order chi connectivity index (χ1) is 9.29. The zero-order chi connectivity index (χ0) is 15.3. The molecule has 0 amide bonds. The highest BCUT2D eigenvalue weighted by Gasteiger charge is 2.37. The number of hydrogen-bond acceptors (Lipinski definition) is 4. The fourth-order valence-electron chi connectivity index (χ4n) is 1.56. The van der Waals surface area contributed by atoms with Crippen LogP contribution in [0.4, 0.5) is 13.2 Å². The Labute approximate surface area is 115 Å². The van der Waals surface area contributed by atoms with Gasteiger partial charge in [-0.1, -0.05) is 0 Å². The molecule has 0 saturated heterocycles. The van der Waals surface area contributed by atoms with E-state index in [0.717, 1.165) is 6.92 Å². The zero-order valence-electron chi connectivity index (χ0n) is 11.5. The summed E-state index contributed by atoms with van der Waals surface area (Å²) in [5, 5.41) is 0. The lowest BCUT2D eigenvalue weighted by molar-refractivity contribution is -0.215. The average molecular weight is 293 g/mol. The van der Waals surface area contributed by atoms with Crippen molar-refractivity contribution in [1.29, 1.82) is 0 Å². The molecule has 1 rings (SSSR count). The van der Waals surface area contributed by atoms with E-state index < -0.39 is 18.3 Å². The monoisotopic (exact) mass is 293 g/mol. The maximum Gasteiger partial charge on any atom is 0.414 e. The van der Waals surface area contributed by atoms with Gasteiger partial charge in [-0.05, 0) is 25.1 Å². The molecule has 1 aromatic rings. The number of alkyl halides is 3. The summed E-state index contributed by atoms with van der Waals surface area (Å²) in [4.78, 5) is 0. The Morgan fingerprint density at radius 3 is 2.35 bits per heavy atom. The van der Waals surface area contributed by atoms with E-state index in [0.29, 0.717) is 17.1 Å². The van der Waals surface area contributed by atoms with Gasteiger partial charge in [0.1, 0.15) is 11.5 Å². The fourth-order valence-corrected chi connectivity index (χ4v) is 1.56. The van der Waals surface area contributed by atoms with Gasteiger partial charge in [0.05, 0.1) is 26.9 Å². The van der Waals surface area contributed by atoms with Crippen LogP contribution in [0.25, 0.3) is 0 Å². The fraction of sp³-hybridized carbons (Fsp3) is 0.538. The lowest BCUT2D eigenvalue weighted by atomic mass is 10.1. The van der Waals surface area contributed by atoms with Crippen LogP contribution < -0.4 is 15.2 Å². The number of benzene rings is 1. The second kappa shape index (κ2) is 6.81. The van der Waals surface area contributed by atoms with Crippen LogP contribution in [0, 0.1) is 0 Å². The summed E-state index contributed by atoms with van der Waals surface area (Å²) in [6.45, 7) is 0.666. The molecule has 20 heavy (non-hydrogen) atoms. The van der Waals surface area contributed by atoms with Crippen LogP contribution in [0.15, 0.2) is 18.2 Å². The molecule has 0 aliphatic carbocycles. The van der Waals surface area contributed by atoms with Crippen molar-refractivity contribution in [3.05, 3.63) is 23.8 Å². The molecule has 0 heterocycles. The zero-order valence-corrected chi connectivity index (χ0v) is 11.5. The van der Waals surface area contributed by atoms with Crippen molar-refractivity contribution in [1.82, 2.24) is 0 Å². The van der Waals surface area contributed by atoms with Crippen molar-refractivity contribution >= 4 is 0 Å². The van der Waals surface area contributed by atoms with Crippen molar-refractivity contribution < 1.29 is 27.4 Å². The van der Waals surface area contributed by atoms with Gasteiger partial charge in [-0.3, -0.25) is 0 Å². The van der Waals surface area contributed by atoms with E-state index in [1.807, 2.05) is 0 Å². The molecule has 2 atom stereocenters. The highest BCUT2D eigenvalue weighted by molar-refractivity contribution is 5.42. The molecule has 114 valence electrons. The van der Waals surface area contributed by atoms with Crippen molar-refractivity contribution in [3.63, 3.8) is 0 Å². The third-order valence-electron chi connectivity index (χ3n) is 2.82. The van der Waals surface area contributed by atoms with Gasteiger partial charge >= 0.3 is 6.18 Å². The molecular weight excluding hydrogens is 275 g/mol. The van der Waals surface area contributed by atoms with Gasteiger partial charge in [-0.25, -0.2) is 0 Å². The Balaban J connectivity index is 2.78. The molecule has 0 bridgehead atoms. The van der Waals surface area contributed by atoms with Crippen LogP contribution in [-0.4, -0.2) is 33.1 Å². The van der Waals surface area contributed by atoms with Gasteiger partial charge < -0.3 is 19.9 Å². The van der Waals surface area contributed by atoms with E-state index in [1.165, 1.54) is 14.2 Å². The van der Waals surface area contributed by atoms with Crippen LogP contribution >= 0.6 is 0 Å². The Morgan fingerprint density at radius 1 is 1.20 bits per heavy atom. The predicted octanol–water partition coefficient (Wildman–Crippen LogP) is 2.67. The summed E-state index contributed by atoms with van der Waals surface area (Å²) in [6.07, 6.45) is -6.27. The summed E-state index contributed by atoms with van der Waals surface area (Å²) < 4.78 is 52.0. The van der Waals surface area contributed by atoms with Gasteiger partial charge in [0.15, 0.2) is 6.10 Å². The number of hydrogen-bond donors (Lipinski definition) is 1. The number of methoxy groups -OCH3 is 2. The van der Waals surface area contributed by atoms with E-state index in [9.17, 15) is 13.2 Å². The van der Waals surface area contributed by atoms with Crippen molar-refractivity contribution in [2.45, 2.75) is 25.2 Å². The van der Waals surface area contributed by atoms with Crippen molar-refractivity contribution in [2.24, 2.45) is 5.73 Å². The first kappa shape index (κ1) is 16.6. The Bertz CT molecular complexity index is 437. The molecule has 0 aromatic heterocycles. The number of ether oxygens (including phenoxy) is 3. The summed E-state index contributed by atoms with van der Waals surface area (Å²) in [7, 11) is 2.94. The van der Waals surface area contributed by atoms with Crippen LogP contribution in [0.2, 0.25) is 0 Å². The van der Waals surface area contributed by atoms with Crippen molar-refractivity contribution in [3.8, 4) is 11.5 Å². The molecular formula is C13H18F3NO3. The molecule has 0 saturated carbocycles. The van der Waals surface area contributed by atoms with Gasteiger partial charge in [0.2, 0.25) is 0 Å². The van der Waals surface area contributed by atoms with Crippen LogP contribution in [0.1, 0.15) is 18.5 Å². The maximum absolute atomic E-state index is 12.4. The van der Waals surface area contributed by atoms with Gasteiger partial charge in [-0.15, -0.1) is 0 Å². The van der Waals surface area contributed by atoms with Crippen LogP contribution in [0.3, 0.4) is 0 Å². The number of rotatable bonds is 6. The Kier molecular flexibility index (Phi) is 5.64. The lowest BCUT2D eigenvalue weighted by Gasteiger charge is -2.21. The largest absolute Gasteiger partial charge is 0.497 e. The van der Waals surface area contributed by atoms with Crippen molar-refractivity contribution in [2.75, 3.05) is 20.8 Å². The molecule has 0 aliphatic heterocycles. The number of nitrogens with two attached hydrogens (primary N) is 1. The molecule has 0 radical (unpaired) electrons. The predicted molar refractivity (Wildman–Crippen MR) is 67.9 cm³/mol. The summed E-state index contributed by atoms with van der Waals surface area (Å²) in [6, 6.07) is 4.19. The third-order valence-corrected chi connectivity index (χ3v) is 2.82. The SMILES string of the molecule is COc1ccc(OC)c(C(N)COC(C)C(F)(F)F)c1. The molecule has 0 spiro atoms. The number of halogens is 3. The first-order valence-electron chi connectivity index (χ1n) is 5.95. The highest BCUT2D eigenvalue weighted by Crippen LogP contribution is 2.29. The molecule has 7 heteroatoms. The van der Waals surface area contributed by atoms with E-state index >= 15 is 0 Å². The van der Waals surface area contributed by atoms with E-state index in [4.69, 9.17) is 19.9 Å². The minimum absolute atomic E-state index is 0.274. The van der Waals surface area contributed by atoms with E-state index in [1.54, 1.807) is 18.2 Å². The standard InChI is InChI=1S/C13H18F3NO3/c1-8(13(14,15)16)20-7-11(17)10-6-9(18-2)4-5-12(10)19-3/h4-6,8,11H,7,17H2,1-3H3. The Morgan fingerprint density at radius 2 is 1.85 bits per heavy atom. The topological polar surface area (TPSA) is 53.7 Å². The second-order valence-electron chi connectivity index (χ2n) is 4.23. The molecule has 2 N–H and O–H groups in total. The first-order valence-corrected chi connectivity index (χ1v) is 5.95. The van der Waals surface area contributed by atoms with Gasteiger partial charge in [-0.2, -0.15) is 13.2 Å². The van der Waals surface area contributed by atoms with Gasteiger partial charge in [0, 0.05) is 5.56 Å². The lowest BCUT2D eigenvalue weighted by Crippen LogP contribution is -2.31. The summed E-state index contributed by atoms with van der Waals surface area (Å²) in [5.74, 6) is 1.02. The highest BCUT2D eigenvalue weighted by atomic mass is 19.4. The maximum atomic E-state index is 12.4. The molecule has 4 nitrogen and oxygen atoms in total. The van der Waals surface area contributed by atoms with E-state index in [-0.39, 0.29) is 6.61 Å². The quantitative estimate of drug-likeness (QED) is 0.876. The average Bonchev–Trinajstić information content (AvgIpc) is 2.42. The minimum atomic E-state index is -4.40. The van der Waals surface area contributed by atoms with Gasteiger partial charge in [0.25, 0.3) is 0 Å². The Hall–Kier alpha value is -1.47. The summed E-state index contributed by atoms with van der Waals surface area (Å²) >= 11 is 0. The molecule has 2 unspecified atom stereocenters. The molecule has 0 fully saturated rings. The smallest absolute Gasteiger partial charge is 0.414 e. The summed E-state index contributed by atoms with van der Waals surface area (Å²) in [5.41, 5.74) is 6.39. The third kappa shape index (κ3) is 4.28. The van der Waals surface area contributed by atoms with Crippen LogP contribution in [-0.2, 0) is 4.74 Å². The minimum Gasteiger partial charge on any atom is -0.497 e.